The molecule has 8 heteroatoms. The molecular formula is C23H23N3O4S. The number of nitrogens with zero attached hydrogens (tertiary/aromatic N) is 1. The molecule has 2 aromatic carbocycles. The van der Waals surface area contributed by atoms with Crippen molar-refractivity contribution in [2.45, 2.75) is 30.3 Å². The van der Waals surface area contributed by atoms with E-state index in [2.05, 4.69) is 5.32 Å². The zero-order valence-corrected chi connectivity index (χ0v) is 17.5. The number of carbonyl (C=O) groups is 1. The summed E-state index contributed by atoms with van der Waals surface area (Å²) < 4.78 is 28.1. The molecule has 7 nitrogen and oxygen atoms in total. The minimum absolute atomic E-state index is 0.237. The van der Waals surface area contributed by atoms with Crippen LogP contribution in [0.5, 0.6) is 0 Å². The number of hydroxylamine groups is 1. The van der Waals surface area contributed by atoms with Crippen LogP contribution in [0, 0.1) is 0 Å². The summed E-state index contributed by atoms with van der Waals surface area (Å²) in [7, 11) is -3.86. The number of hydrogen-bond donors (Lipinski definition) is 3. The van der Waals surface area contributed by atoms with Crippen LogP contribution in [0.15, 0.2) is 78.0 Å². The van der Waals surface area contributed by atoms with Crippen molar-refractivity contribution in [3.63, 3.8) is 0 Å². The van der Waals surface area contributed by atoms with Gasteiger partial charge in [0.2, 0.25) is 0 Å². The molecule has 3 aromatic rings. The molecule has 1 aliphatic rings. The van der Waals surface area contributed by atoms with Gasteiger partial charge in [0.15, 0.2) is 0 Å². The number of aromatic nitrogens is 1. The Hall–Kier alpha value is -3.20. The topological polar surface area (TPSA) is 100 Å². The van der Waals surface area contributed by atoms with E-state index in [1.807, 2.05) is 42.5 Å². The molecule has 1 heterocycles. The van der Waals surface area contributed by atoms with E-state index in [9.17, 15) is 13.2 Å². The van der Waals surface area contributed by atoms with Crippen molar-refractivity contribution in [3.8, 4) is 11.1 Å². The predicted molar refractivity (Wildman–Crippen MR) is 118 cm³/mol. The molecule has 1 fully saturated rings. The van der Waals surface area contributed by atoms with Crippen LogP contribution in [0.1, 0.15) is 24.0 Å². The van der Waals surface area contributed by atoms with E-state index in [1.165, 1.54) is 23.9 Å². The SMILES string of the molecule is O=C(C=Cc1ccn(S(=O)(=O)c2cc(-c3ccccc3)ccc2CNC2CC2)c1)NO. The fourth-order valence-corrected chi connectivity index (χ4v) is 4.71. The first kappa shape index (κ1) is 21.0. The average Bonchev–Trinajstić information content (AvgIpc) is 3.50. The summed E-state index contributed by atoms with van der Waals surface area (Å²) >= 11 is 0. The molecule has 0 unspecified atom stereocenters. The lowest BCUT2D eigenvalue weighted by Crippen LogP contribution is -2.20. The zero-order chi connectivity index (χ0) is 21.8. The van der Waals surface area contributed by atoms with Crippen LogP contribution in [0.3, 0.4) is 0 Å². The van der Waals surface area contributed by atoms with Gasteiger partial charge in [0.25, 0.3) is 15.9 Å². The highest BCUT2D eigenvalue weighted by Crippen LogP contribution is 2.28. The summed E-state index contributed by atoms with van der Waals surface area (Å²) in [6.07, 6.45) is 7.64. The Bertz CT molecular complexity index is 1210. The maximum atomic E-state index is 13.5. The Balaban J connectivity index is 1.71. The van der Waals surface area contributed by atoms with Gasteiger partial charge in [0.1, 0.15) is 0 Å². The van der Waals surface area contributed by atoms with Crippen LogP contribution < -0.4 is 10.8 Å². The Morgan fingerprint density at radius 2 is 1.87 bits per heavy atom. The van der Waals surface area contributed by atoms with Crippen molar-refractivity contribution >= 4 is 22.0 Å². The van der Waals surface area contributed by atoms with Gasteiger partial charge in [0.05, 0.1) is 4.90 Å². The van der Waals surface area contributed by atoms with Gasteiger partial charge in [-0.15, -0.1) is 0 Å². The fraction of sp³-hybridized carbons (Fsp3) is 0.174. The molecule has 0 radical (unpaired) electrons. The molecule has 31 heavy (non-hydrogen) atoms. The zero-order valence-electron chi connectivity index (χ0n) is 16.7. The second kappa shape index (κ2) is 8.89. The molecule has 1 amide bonds. The van der Waals surface area contributed by atoms with E-state index in [0.717, 1.165) is 34.0 Å². The molecule has 160 valence electrons. The van der Waals surface area contributed by atoms with Crippen LogP contribution in [-0.2, 0) is 21.4 Å². The largest absolute Gasteiger partial charge is 0.310 e. The van der Waals surface area contributed by atoms with E-state index in [-0.39, 0.29) is 4.90 Å². The quantitative estimate of drug-likeness (QED) is 0.286. The van der Waals surface area contributed by atoms with Crippen LogP contribution in [0.2, 0.25) is 0 Å². The van der Waals surface area contributed by atoms with Gasteiger partial charge in [0, 0.05) is 31.1 Å². The summed E-state index contributed by atoms with van der Waals surface area (Å²) in [5.74, 6) is -0.695. The first-order chi connectivity index (χ1) is 15.0. The summed E-state index contributed by atoms with van der Waals surface area (Å²) in [4.78, 5) is 11.4. The highest BCUT2D eigenvalue weighted by atomic mass is 32.2. The van der Waals surface area contributed by atoms with Gasteiger partial charge >= 0.3 is 0 Å². The molecule has 1 aliphatic carbocycles. The normalized spacial score (nSPS) is 14.1. The molecule has 1 saturated carbocycles. The standard InChI is InChI=1S/C23H23N3O4S/c27-23(25-28)11-6-17-12-13-26(16-17)31(29,30)22-14-19(18-4-2-1-3-5-18)7-8-20(22)15-24-21-9-10-21/h1-8,11-14,16,21,24,28H,9-10,15H2,(H,25,27). The second-order valence-corrected chi connectivity index (χ2v) is 9.24. The van der Waals surface area contributed by atoms with Crippen molar-refractivity contribution < 1.29 is 18.4 Å². The average molecular weight is 438 g/mol. The van der Waals surface area contributed by atoms with Crippen LogP contribution in [0.4, 0.5) is 0 Å². The highest BCUT2D eigenvalue weighted by molar-refractivity contribution is 7.90. The van der Waals surface area contributed by atoms with Gasteiger partial charge in [-0.1, -0.05) is 42.5 Å². The molecule has 1 aromatic heterocycles. The third-order valence-electron chi connectivity index (χ3n) is 5.12. The molecule has 4 rings (SSSR count). The monoisotopic (exact) mass is 437 g/mol. The molecule has 0 spiro atoms. The van der Waals surface area contributed by atoms with Crippen molar-refractivity contribution in [3.05, 3.63) is 84.2 Å². The van der Waals surface area contributed by atoms with E-state index >= 15 is 0 Å². The van der Waals surface area contributed by atoms with Gasteiger partial charge in [-0.25, -0.2) is 17.9 Å². The van der Waals surface area contributed by atoms with E-state index in [0.29, 0.717) is 23.7 Å². The first-order valence-electron chi connectivity index (χ1n) is 9.95. The summed E-state index contributed by atoms with van der Waals surface area (Å²) in [5, 5.41) is 12.0. The third kappa shape index (κ3) is 4.93. The molecule has 0 aliphatic heterocycles. The minimum Gasteiger partial charge on any atom is -0.310 e. The Labute approximate surface area is 181 Å². The molecule has 0 saturated heterocycles. The lowest BCUT2D eigenvalue weighted by Gasteiger charge is -2.14. The first-order valence-corrected chi connectivity index (χ1v) is 11.4. The van der Waals surface area contributed by atoms with Gasteiger partial charge in [-0.05, 0) is 53.3 Å². The van der Waals surface area contributed by atoms with E-state index in [1.54, 1.807) is 12.1 Å². The summed E-state index contributed by atoms with van der Waals surface area (Å²) in [6.45, 7) is 0.471. The van der Waals surface area contributed by atoms with Crippen LogP contribution >= 0.6 is 0 Å². The molecule has 0 bridgehead atoms. The molecule has 3 N–H and O–H groups in total. The van der Waals surface area contributed by atoms with E-state index < -0.39 is 15.9 Å². The highest BCUT2D eigenvalue weighted by Gasteiger charge is 2.24. The maximum absolute atomic E-state index is 13.5. The Morgan fingerprint density at radius 3 is 2.58 bits per heavy atom. The van der Waals surface area contributed by atoms with Crippen molar-refractivity contribution in [2.75, 3.05) is 0 Å². The second-order valence-electron chi connectivity index (χ2n) is 7.43. The van der Waals surface area contributed by atoms with Gasteiger partial charge in [-0.3, -0.25) is 10.0 Å². The molecular weight excluding hydrogens is 414 g/mol. The Morgan fingerprint density at radius 1 is 1.10 bits per heavy atom. The lowest BCUT2D eigenvalue weighted by atomic mass is 10.0. The number of rotatable bonds is 8. The van der Waals surface area contributed by atoms with Gasteiger partial charge in [-0.2, -0.15) is 0 Å². The summed E-state index contributed by atoms with van der Waals surface area (Å²) in [5.41, 5.74) is 4.48. The van der Waals surface area contributed by atoms with Crippen LogP contribution in [0.25, 0.3) is 17.2 Å². The van der Waals surface area contributed by atoms with Crippen molar-refractivity contribution in [2.24, 2.45) is 0 Å². The van der Waals surface area contributed by atoms with Crippen molar-refractivity contribution in [1.82, 2.24) is 14.8 Å². The summed E-state index contributed by atoms with van der Waals surface area (Å²) in [6, 6.07) is 17.2. The number of benzene rings is 2. The fourth-order valence-electron chi connectivity index (χ4n) is 3.26. The molecule has 0 atom stereocenters. The van der Waals surface area contributed by atoms with Crippen LogP contribution in [-0.4, -0.2) is 29.5 Å². The Kier molecular flexibility index (Phi) is 6.03. The third-order valence-corrected chi connectivity index (χ3v) is 6.83. The van der Waals surface area contributed by atoms with Crippen molar-refractivity contribution in [1.29, 1.82) is 0 Å². The predicted octanol–water partition coefficient (Wildman–Crippen LogP) is 3.16. The number of carbonyl (C=O) groups excluding carboxylic acids is 1. The lowest BCUT2D eigenvalue weighted by molar-refractivity contribution is -0.124. The number of nitrogens with one attached hydrogen (secondary N) is 2. The van der Waals surface area contributed by atoms with Gasteiger partial charge < -0.3 is 5.32 Å². The number of amides is 1. The minimum atomic E-state index is -3.86. The number of hydrogen-bond acceptors (Lipinski definition) is 5. The maximum Gasteiger partial charge on any atom is 0.267 e. The van der Waals surface area contributed by atoms with E-state index in [4.69, 9.17) is 5.21 Å². The smallest absolute Gasteiger partial charge is 0.267 e.